The lowest BCUT2D eigenvalue weighted by Gasteiger charge is -2.23. The third-order valence-corrected chi connectivity index (χ3v) is 4.21. The van der Waals surface area contributed by atoms with E-state index >= 15 is 0 Å². The van der Waals surface area contributed by atoms with Crippen LogP contribution in [0.3, 0.4) is 0 Å². The second-order valence-corrected chi connectivity index (χ2v) is 6.53. The Hall–Kier alpha value is -2.46. The van der Waals surface area contributed by atoms with E-state index in [0.717, 1.165) is 11.1 Å². The van der Waals surface area contributed by atoms with E-state index in [4.69, 9.17) is 0 Å². The SMILES string of the molecule is C=C/C=C(\C=C)CC(NC(=O)C(Cc1ccccc1)NC)C(=O)C(C)C. The fraction of sp³-hybridized carbons (Fsp3) is 0.364. The molecule has 4 heteroatoms. The molecule has 26 heavy (non-hydrogen) atoms. The zero-order valence-corrected chi connectivity index (χ0v) is 16.0. The van der Waals surface area contributed by atoms with Gasteiger partial charge >= 0.3 is 0 Å². The quantitative estimate of drug-likeness (QED) is 0.600. The van der Waals surface area contributed by atoms with Crippen molar-refractivity contribution in [3.8, 4) is 0 Å². The number of hydrogen-bond acceptors (Lipinski definition) is 3. The molecule has 2 atom stereocenters. The van der Waals surface area contributed by atoms with Crippen LogP contribution in [0.1, 0.15) is 25.8 Å². The van der Waals surface area contributed by atoms with Crippen molar-refractivity contribution in [2.75, 3.05) is 7.05 Å². The van der Waals surface area contributed by atoms with E-state index < -0.39 is 12.1 Å². The summed E-state index contributed by atoms with van der Waals surface area (Å²) in [6, 6.07) is 8.81. The first-order valence-electron chi connectivity index (χ1n) is 8.92. The molecule has 0 aliphatic rings. The summed E-state index contributed by atoms with van der Waals surface area (Å²) >= 11 is 0. The molecule has 0 bridgehead atoms. The number of ketones is 1. The van der Waals surface area contributed by atoms with Gasteiger partial charge in [-0.15, -0.1) is 0 Å². The van der Waals surface area contributed by atoms with Crippen LogP contribution in [0, 0.1) is 5.92 Å². The summed E-state index contributed by atoms with van der Waals surface area (Å²) in [5.74, 6) is -0.348. The summed E-state index contributed by atoms with van der Waals surface area (Å²) in [6.45, 7) is 11.1. The van der Waals surface area contributed by atoms with Crippen LogP contribution in [0.25, 0.3) is 0 Å². The smallest absolute Gasteiger partial charge is 0.238 e. The molecule has 0 aromatic heterocycles. The Kier molecular flexibility index (Phi) is 9.31. The summed E-state index contributed by atoms with van der Waals surface area (Å²) in [6.07, 6.45) is 6.11. The number of benzene rings is 1. The molecular formula is C22H30N2O2. The molecule has 140 valence electrons. The highest BCUT2D eigenvalue weighted by molar-refractivity contribution is 5.92. The van der Waals surface area contributed by atoms with E-state index in [1.807, 2.05) is 44.2 Å². The first kappa shape index (κ1) is 21.6. The summed E-state index contributed by atoms with van der Waals surface area (Å²) in [5, 5.41) is 5.96. The summed E-state index contributed by atoms with van der Waals surface area (Å²) in [7, 11) is 1.75. The van der Waals surface area contributed by atoms with Crippen molar-refractivity contribution >= 4 is 11.7 Å². The number of hydrogen-bond donors (Lipinski definition) is 2. The van der Waals surface area contributed by atoms with Crippen LogP contribution in [0.15, 0.2) is 67.3 Å². The van der Waals surface area contributed by atoms with Crippen LogP contribution in [0.2, 0.25) is 0 Å². The van der Waals surface area contributed by atoms with Gasteiger partial charge in [0.05, 0.1) is 12.1 Å². The van der Waals surface area contributed by atoms with Crippen LogP contribution >= 0.6 is 0 Å². The van der Waals surface area contributed by atoms with E-state index in [0.29, 0.717) is 12.8 Å². The fourth-order valence-electron chi connectivity index (χ4n) is 2.68. The monoisotopic (exact) mass is 354 g/mol. The molecule has 1 amide bonds. The maximum Gasteiger partial charge on any atom is 0.238 e. The number of nitrogens with one attached hydrogen (secondary N) is 2. The Morgan fingerprint density at radius 2 is 1.77 bits per heavy atom. The third kappa shape index (κ3) is 6.81. The fourth-order valence-corrected chi connectivity index (χ4v) is 2.68. The predicted molar refractivity (Wildman–Crippen MR) is 108 cm³/mol. The highest BCUT2D eigenvalue weighted by Crippen LogP contribution is 2.13. The van der Waals surface area contributed by atoms with E-state index in [9.17, 15) is 9.59 Å². The van der Waals surface area contributed by atoms with Crippen LogP contribution in [-0.2, 0) is 16.0 Å². The molecule has 0 spiro atoms. The van der Waals surface area contributed by atoms with Crippen molar-refractivity contribution in [3.63, 3.8) is 0 Å². The molecule has 0 fully saturated rings. The molecule has 0 saturated heterocycles. The number of likely N-dealkylation sites (N-methyl/N-ethyl adjacent to an activating group) is 1. The normalized spacial score (nSPS) is 13.8. The van der Waals surface area contributed by atoms with Crippen LogP contribution < -0.4 is 10.6 Å². The van der Waals surface area contributed by atoms with Crippen molar-refractivity contribution < 1.29 is 9.59 Å². The second kappa shape index (κ2) is 11.2. The molecule has 1 aromatic rings. The molecule has 0 aliphatic heterocycles. The van der Waals surface area contributed by atoms with Crippen LogP contribution in [0.4, 0.5) is 0 Å². The number of allylic oxidation sites excluding steroid dienone is 3. The average Bonchev–Trinajstić information content (AvgIpc) is 2.64. The molecule has 0 aliphatic carbocycles. The van der Waals surface area contributed by atoms with Crippen LogP contribution in [0.5, 0.6) is 0 Å². The van der Waals surface area contributed by atoms with Gasteiger partial charge in [-0.3, -0.25) is 9.59 Å². The zero-order valence-electron chi connectivity index (χ0n) is 16.0. The van der Waals surface area contributed by atoms with Gasteiger partial charge in [-0.05, 0) is 31.0 Å². The van der Waals surface area contributed by atoms with E-state index in [1.165, 1.54) is 0 Å². The van der Waals surface area contributed by atoms with Crippen molar-refractivity contribution in [2.24, 2.45) is 5.92 Å². The van der Waals surface area contributed by atoms with Gasteiger partial charge in [0.15, 0.2) is 5.78 Å². The molecule has 4 nitrogen and oxygen atoms in total. The third-order valence-electron chi connectivity index (χ3n) is 4.21. The maximum absolute atomic E-state index is 12.8. The first-order chi connectivity index (χ1) is 12.4. The van der Waals surface area contributed by atoms with Crippen molar-refractivity contribution in [1.29, 1.82) is 0 Å². The number of Topliss-reactive ketones (excluding diaryl/α,β-unsaturated/α-hetero) is 1. The van der Waals surface area contributed by atoms with E-state index in [1.54, 1.807) is 25.3 Å². The molecule has 0 saturated carbocycles. The Labute approximate surface area is 157 Å². The van der Waals surface area contributed by atoms with Gasteiger partial charge in [0, 0.05) is 5.92 Å². The van der Waals surface area contributed by atoms with Gasteiger partial charge in [0.1, 0.15) is 0 Å². The standard InChI is InChI=1S/C22H30N2O2/c1-6-11-17(7-2)14-19(21(25)16(3)4)24-22(26)20(23-5)15-18-12-9-8-10-13-18/h6-13,16,19-20,23H,1-2,14-15H2,3-5H3,(H,24,26)/b17-11+. The van der Waals surface area contributed by atoms with E-state index in [2.05, 4.69) is 23.8 Å². The summed E-state index contributed by atoms with van der Waals surface area (Å²) in [5.41, 5.74) is 1.93. The molecule has 0 radical (unpaired) electrons. The number of amides is 1. The van der Waals surface area contributed by atoms with Gasteiger partial charge < -0.3 is 10.6 Å². The maximum atomic E-state index is 12.8. The lowest BCUT2D eigenvalue weighted by Crippen LogP contribution is -2.51. The molecule has 0 heterocycles. The van der Waals surface area contributed by atoms with Gasteiger partial charge in [-0.2, -0.15) is 0 Å². The minimum atomic E-state index is -0.585. The highest BCUT2D eigenvalue weighted by atomic mass is 16.2. The Morgan fingerprint density at radius 3 is 2.27 bits per heavy atom. The topological polar surface area (TPSA) is 58.2 Å². The molecule has 1 rings (SSSR count). The summed E-state index contributed by atoms with van der Waals surface area (Å²) in [4.78, 5) is 25.3. The van der Waals surface area contributed by atoms with E-state index in [-0.39, 0.29) is 17.6 Å². The molecule has 1 aromatic carbocycles. The van der Waals surface area contributed by atoms with Gasteiger partial charge in [0.2, 0.25) is 5.91 Å². The van der Waals surface area contributed by atoms with Crippen LogP contribution in [-0.4, -0.2) is 30.8 Å². The van der Waals surface area contributed by atoms with Crippen molar-refractivity contribution in [1.82, 2.24) is 10.6 Å². The Balaban J connectivity index is 2.91. The predicted octanol–water partition coefficient (Wildman–Crippen LogP) is 3.22. The molecule has 2 unspecified atom stereocenters. The van der Waals surface area contributed by atoms with Gasteiger partial charge in [-0.25, -0.2) is 0 Å². The largest absolute Gasteiger partial charge is 0.345 e. The number of carbonyl (C=O) groups is 2. The second-order valence-electron chi connectivity index (χ2n) is 6.53. The lowest BCUT2D eigenvalue weighted by atomic mass is 9.94. The molecular weight excluding hydrogens is 324 g/mol. The Morgan fingerprint density at radius 1 is 1.12 bits per heavy atom. The number of carbonyl (C=O) groups excluding carboxylic acids is 2. The highest BCUT2D eigenvalue weighted by Gasteiger charge is 2.26. The Bertz CT molecular complexity index is 647. The first-order valence-corrected chi connectivity index (χ1v) is 8.92. The number of rotatable bonds is 11. The summed E-state index contributed by atoms with van der Waals surface area (Å²) < 4.78 is 0. The lowest BCUT2D eigenvalue weighted by molar-refractivity contribution is -0.130. The minimum Gasteiger partial charge on any atom is -0.345 e. The van der Waals surface area contributed by atoms with Crippen molar-refractivity contribution in [3.05, 3.63) is 72.9 Å². The van der Waals surface area contributed by atoms with Gasteiger partial charge in [-0.1, -0.05) is 75.6 Å². The minimum absolute atomic E-state index is 0.00438. The van der Waals surface area contributed by atoms with Gasteiger partial charge in [0.25, 0.3) is 0 Å². The van der Waals surface area contributed by atoms with Crippen molar-refractivity contribution in [2.45, 2.75) is 38.8 Å². The zero-order chi connectivity index (χ0) is 19.5. The average molecular weight is 354 g/mol. The molecule has 2 N–H and O–H groups in total.